The maximum absolute atomic E-state index is 11.6. The molecule has 2 N–H and O–H groups in total. The molecule has 0 aliphatic rings. The van der Waals surface area contributed by atoms with Gasteiger partial charge in [0.15, 0.2) is 5.82 Å². The van der Waals surface area contributed by atoms with E-state index in [0.717, 1.165) is 22.6 Å². The molecule has 0 unspecified atom stereocenters. The van der Waals surface area contributed by atoms with Gasteiger partial charge in [-0.1, -0.05) is 42.5 Å². The minimum atomic E-state index is -1.01. The highest BCUT2D eigenvalue weighted by Crippen LogP contribution is 2.28. The lowest BCUT2D eigenvalue weighted by Crippen LogP contribution is -2.04. The molecule has 0 radical (unpaired) electrons. The Bertz CT molecular complexity index is 1180. The van der Waals surface area contributed by atoms with Crippen molar-refractivity contribution in [2.24, 2.45) is 0 Å². The van der Waals surface area contributed by atoms with E-state index in [-0.39, 0.29) is 5.56 Å². The number of carboxylic acid groups (broad SMARTS) is 1. The van der Waals surface area contributed by atoms with E-state index in [9.17, 15) is 9.90 Å². The maximum atomic E-state index is 11.6. The second-order valence-electron chi connectivity index (χ2n) is 6.53. The predicted molar refractivity (Wildman–Crippen MR) is 116 cm³/mol. The molecule has 0 aliphatic heterocycles. The summed E-state index contributed by atoms with van der Waals surface area (Å²) in [6.45, 7) is 0. The van der Waals surface area contributed by atoms with Crippen molar-refractivity contribution in [2.45, 2.75) is 0 Å². The molecule has 1 heterocycles. The first-order chi connectivity index (χ1) is 14.6. The fourth-order valence-electron chi connectivity index (χ4n) is 3.05. The predicted octanol–water partition coefficient (Wildman–Crippen LogP) is 5.26. The number of methoxy groups -OCH3 is 1. The second-order valence-corrected chi connectivity index (χ2v) is 6.53. The van der Waals surface area contributed by atoms with Crippen molar-refractivity contribution in [2.75, 3.05) is 12.4 Å². The van der Waals surface area contributed by atoms with Gasteiger partial charge in [-0.3, -0.25) is 0 Å². The number of hydrogen-bond acceptors (Lipinski definition) is 5. The zero-order chi connectivity index (χ0) is 20.9. The van der Waals surface area contributed by atoms with Crippen molar-refractivity contribution in [1.82, 2.24) is 9.97 Å². The third-order valence-electron chi connectivity index (χ3n) is 4.56. The summed E-state index contributed by atoms with van der Waals surface area (Å²) in [4.78, 5) is 20.9. The Morgan fingerprint density at radius 1 is 0.867 bits per heavy atom. The van der Waals surface area contributed by atoms with Crippen LogP contribution >= 0.6 is 0 Å². The van der Waals surface area contributed by atoms with Gasteiger partial charge < -0.3 is 15.2 Å². The number of ether oxygens (including phenoxy) is 1. The molecule has 0 bridgehead atoms. The summed E-state index contributed by atoms with van der Waals surface area (Å²) in [5.74, 6) is 0.759. The third-order valence-corrected chi connectivity index (χ3v) is 4.56. The van der Waals surface area contributed by atoms with E-state index in [2.05, 4.69) is 10.3 Å². The third kappa shape index (κ3) is 4.12. The number of carbonyl (C=O) groups is 1. The van der Waals surface area contributed by atoms with Crippen molar-refractivity contribution < 1.29 is 14.6 Å². The van der Waals surface area contributed by atoms with Crippen LogP contribution in [0.1, 0.15) is 10.4 Å². The maximum Gasteiger partial charge on any atom is 0.337 e. The zero-order valence-corrected chi connectivity index (χ0v) is 16.2. The summed E-state index contributed by atoms with van der Waals surface area (Å²) < 4.78 is 5.23. The van der Waals surface area contributed by atoms with Gasteiger partial charge in [0.1, 0.15) is 11.6 Å². The first-order valence-corrected chi connectivity index (χ1v) is 9.32. The molecule has 0 aliphatic carbocycles. The average Bonchev–Trinajstić information content (AvgIpc) is 2.80. The van der Waals surface area contributed by atoms with Crippen LogP contribution in [0.25, 0.3) is 22.6 Å². The van der Waals surface area contributed by atoms with Crippen LogP contribution in [0.2, 0.25) is 0 Å². The van der Waals surface area contributed by atoms with Gasteiger partial charge in [-0.05, 0) is 36.4 Å². The Morgan fingerprint density at radius 2 is 1.57 bits per heavy atom. The van der Waals surface area contributed by atoms with Crippen LogP contribution in [0.3, 0.4) is 0 Å². The van der Waals surface area contributed by atoms with Gasteiger partial charge in [-0.25, -0.2) is 14.8 Å². The first-order valence-electron chi connectivity index (χ1n) is 9.32. The summed E-state index contributed by atoms with van der Waals surface area (Å²) in [6, 6.07) is 25.8. The molecule has 0 spiro atoms. The van der Waals surface area contributed by atoms with Crippen LogP contribution in [-0.2, 0) is 0 Å². The van der Waals surface area contributed by atoms with E-state index in [1.807, 2.05) is 54.6 Å². The summed E-state index contributed by atoms with van der Waals surface area (Å²) >= 11 is 0. The smallest absolute Gasteiger partial charge is 0.337 e. The Morgan fingerprint density at radius 3 is 2.27 bits per heavy atom. The van der Waals surface area contributed by atoms with E-state index < -0.39 is 5.97 Å². The molecule has 0 saturated carbocycles. The van der Waals surface area contributed by atoms with Crippen LogP contribution in [-0.4, -0.2) is 28.2 Å². The van der Waals surface area contributed by atoms with Crippen LogP contribution in [0, 0.1) is 0 Å². The molecule has 6 heteroatoms. The fourth-order valence-corrected chi connectivity index (χ4v) is 3.05. The zero-order valence-electron chi connectivity index (χ0n) is 16.2. The molecular formula is C24H19N3O3. The summed E-state index contributed by atoms with van der Waals surface area (Å²) in [6.07, 6.45) is 0. The molecule has 0 saturated heterocycles. The van der Waals surface area contributed by atoms with Gasteiger partial charge in [-0.2, -0.15) is 0 Å². The van der Waals surface area contributed by atoms with Crippen molar-refractivity contribution in [3.05, 3.63) is 90.5 Å². The number of nitrogens with zero attached hydrogens (tertiary/aromatic N) is 2. The van der Waals surface area contributed by atoms with Gasteiger partial charge >= 0.3 is 5.97 Å². The van der Waals surface area contributed by atoms with E-state index >= 15 is 0 Å². The highest BCUT2D eigenvalue weighted by molar-refractivity contribution is 5.95. The Kier molecular flexibility index (Phi) is 5.39. The molecule has 4 rings (SSSR count). The largest absolute Gasteiger partial charge is 0.497 e. The Labute approximate surface area is 173 Å². The number of benzene rings is 3. The molecule has 148 valence electrons. The number of anilines is 2. The lowest BCUT2D eigenvalue weighted by Gasteiger charge is -2.12. The fraction of sp³-hybridized carbons (Fsp3) is 0.0417. The Balaban J connectivity index is 1.81. The monoisotopic (exact) mass is 397 g/mol. The van der Waals surface area contributed by atoms with Crippen molar-refractivity contribution >= 4 is 17.5 Å². The van der Waals surface area contributed by atoms with Crippen molar-refractivity contribution in [3.63, 3.8) is 0 Å². The SMILES string of the molecule is COc1ccc(-c2nc(Nc3ccccc3C(=O)O)cc(-c3ccccc3)n2)cc1. The average molecular weight is 397 g/mol. The number of hydrogen-bond donors (Lipinski definition) is 2. The van der Waals surface area contributed by atoms with Gasteiger partial charge in [-0.15, -0.1) is 0 Å². The summed E-state index contributed by atoms with van der Waals surface area (Å²) in [5, 5.41) is 12.6. The molecule has 3 aromatic carbocycles. The van der Waals surface area contributed by atoms with Gasteiger partial charge in [0.25, 0.3) is 0 Å². The van der Waals surface area contributed by atoms with E-state index in [4.69, 9.17) is 9.72 Å². The van der Waals surface area contributed by atoms with Gasteiger partial charge in [0.2, 0.25) is 0 Å². The molecule has 1 aromatic heterocycles. The highest BCUT2D eigenvalue weighted by Gasteiger charge is 2.13. The van der Waals surface area contributed by atoms with E-state index in [1.165, 1.54) is 0 Å². The van der Waals surface area contributed by atoms with E-state index in [1.54, 1.807) is 37.4 Å². The molecule has 0 atom stereocenters. The lowest BCUT2D eigenvalue weighted by molar-refractivity contribution is 0.0698. The van der Waals surface area contributed by atoms with Crippen LogP contribution in [0.15, 0.2) is 84.9 Å². The number of aromatic carboxylic acids is 1. The number of para-hydroxylation sites is 1. The minimum absolute atomic E-state index is 0.170. The molecular weight excluding hydrogens is 378 g/mol. The second kappa shape index (κ2) is 8.45. The van der Waals surface area contributed by atoms with Crippen molar-refractivity contribution in [1.29, 1.82) is 0 Å². The standard InChI is InChI=1S/C24H19N3O3/c1-30-18-13-11-17(12-14-18)23-26-21(16-7-3-2-4-8-16)15-22(27-23)25-20-10-6-5-9-19(20)24(28)29/h2-15H,1H3,(H,28,29)(H,25,26,27). The summed E-state index contributed by atoms with van der Waals surface area (Å²) in [5.41, 5.74) is 3.12. The van der Waals surface area contributed by atoms with Crippen LogP contribution in [0.5, 0.6) is 5.75 Å². The number of aromatic nitrogens is 2. The minimum Gasteiger partial charge on any atom is -0.497 e. The van der Waals surface area contributed by atoms with Gasteiger partial charge in [0.05, 0.1) is 24.1 Å². The molecule has 4 aromatic rings. The molecule has 0 fully saturated rings. The lowest BCUT2D eigenvalue weighted by atomic mass is 10.1. The normalized spacial score (nSPS) is 10.4. The van der Waals surface area contributed by atoms with Crippen LogP contribution < -0.4 is 10.1 Å². The van der Waals surface area contributed by atoms with Crippen molar-refractivity contribution in [3.8, 4) is 28.4 Å². The molecule has 30 heavy (non-hydrogen) atoms. The topological polar surface area (TPSA) is 84.3 Å². The Hall–Kier alpha value is -4.19. The quantitative estimate of drug-likeness (QED) is 0.462. The highest BCUT2D eigenvalue weighted by atomic mass is 16.5. The van der Waals surface area contributed by atoms with E-state index in [0.29, 0.717) is 17.3 Å². The number of nitrogens with one attached hydrogen (secondary N) is 1. The first kappa shape index (κ1) is 19.1. The van der Waals surface area contributed by atoms with Crippen LogP contribution in [0.4, 0.5) is 11.5 Å². The molecule has 6 nitrogen and oxygen atoms in total. The van der Waals surface area contributed by atoms with Gasteiger partial charge in [0, 0.05) is 17.2 Å². The molecule has 0 amide bonds. The number of carboxylic acids is 1. The number of rotatable bonds is 6. The summed E-state index contributed by atoms with van der Waals surface area (Å²) in [7, 11) is 1.61.